The van der Waals surface area contributed by atoms with Crippen molar-refractivity contribution >= 4 is 5.96 Å². The molecule has 2 N–H and O–H groups in total. The highest BCUT2D eigenvalue weighted by molar-refractivity contribution is 5.81. The topological polar surface area (TPSA) is 50.8 Å². The van der Waals surface area contributed by atoms with E-state index in [1.807, 2.05) is 25.2 Å². The van der Waals surface area contributed by atoms with Gasteiger partial charge in [0.25, 0.3) is 0 Å². The second kappa shape index (κ2) is 3.14. The third-order valence-corrected chi connectivity index (χ3v) is 3.65. The first-order chi connectivity index (χ1) is 7.74. The van der Waals surface area contributed by atoms with Crippen molar-refractivity contribution in [2.75, 3.05) is 20.2 Å². The van der Waals surface area contributed by atoms with Crippen molar-refractivity contribution in [1.29, 1.82) is 0 Å². The van der Waals surface area contributed by atoms with E-state index in [0.29, 0.717) is 5.96 Å². The molecule has 16 heavy (non-hydrogen) atoms. The van der Waals surface area contributed by atoms with Gasteiger partial charge in [0, 0.05) is 19.0 Å². The van der Waals surface area contributed by atoms with E-state index in [-0.39, 0.29) is 5.54 Å². The van der Waals surface area contributed by atoms with Crippen LogP contribution in [-0.4, -0.2) is 31.1 Å². The van der Waals surface area contributed by atoms with E-state index in [2.05, 4.69) is 16.0 Å². The fourth-order valence-electron chi connectivity index (χ4n) is 2.60. The molecule has 2 heterocycles. The molecule has 0 bridgehead atoms. The van der Waals surface area contributed by atoms with E-state index in [9.17, 15) is 0 Å². The molecule has 2 aliphatic heterocycles. The highest BCUT2D eigenvalue weighted by Crippen LogP contribution is 2.42. The molecule has 1 spiro atoms. The lowest BCUT2D eigenvalue weighted by atomic mass is 9.84. The maximum atomic E-state index is 5.88. The smallest absolute Gasteiger partial charge is 0.191 e. The Labute approximate surface area is 94.7 Å². The van der Waals surface area contributed by atoms with Gasteiger partial charge in [0.1, 0.15) is 5.75 Å². The van der Waals surface area contributed by atoms with Crippen LogP contribution in [0.2, 0.25) is 0 Å². The predicted molar refractivity (Wildman–Crippen MR) is 62.5 cm³/mol. The molecule has 1 unspecified atom stereocenters. The van der Waals surface area contributed by atoms with Crippen LogP contribution in [0.4, 0.5) is 0 Å². The molecule has 1 atom stereocenters. The Morgan fingerprint density at radius 1 is 1.44 bits per heavy atom. The van der Waals surface area contributed by atoms with Crippen molar-refractivity contribution in [3.05, 3.63) is 29.8 Å². The Kier molecular flexibility index (Phi) is 1.87. The van der Waals surface area contributed by atoms with Crippen molar-refractivity contribution in [3.8, 4) is 5.75 Å². The molecule has 0 aromatic heterocycles. The SMILES string of the molecule is CN1C(N)=NCC12CCOc1ccccc12. The molecule has 4 heteroatoms. The summed E-state index contributed by atoms with van der Waals surface area (Å²) < 4.78 is 5.68. The van der Waals surface area contributed by atoms with Gasteiger partial charge >= 0.3 is 0 Å². The zero-order valence-corrected chi connectivity index (χ0v) is 9.31. The van der Waals surface area contributed by atoms with E-state index in [4.69, 9.17) is 10.5 Å². The second-order valence-electron chi connectivity index (χ2n) is 4.36. The normalized spacial score (nSPS) is 27.6. The van der Waals surface area contributed by atoms with Gasteiger partial charge in [0.2, 0.25) is 0 Å². The lowest BCUT2D eigenvalue weighted by Gasteiger charge is -2.41. The monoisotopic (exact) mass is 217 g/mol. The lowest BCUT2D eigenvalue weighted by molar-refractivity contribution is 0.140. The van der Waals surface area contributed by atoms with Gasteiger partial charge in [0.05, 0.1) is 18.7 Å². The van der Waals surface area contributed by atoms with Crippen LogP contribution in [0.25, 0.3) is 0 Å². The molecule has 0 amide bonds. The number of guanidine groups is 1. The third-order valence-electron chi connectivity index (χ3n) is 3.65. The fourth-order valence-corrected chi connectivity index (χ4v) is 2.60. The van der Waals surface area contributed by atoms with Crippen molar-refractivity contribution in [2.45, 2.75) is 12.0 Å². The molecular weight excluding hydrogens is 202 g/mol. The van der Waals surface area contributed by atoms with Gasteiger partial charge in [-0.1, -0.05) is 18.2 Å². The van der Waals surface area contributed by atoms with Crippen LogP contribution in [-0.2, 0) is 5.54 Å². The van der Waals surface area contributed by atoms with Gasteiger partial charge in [-0.05, 0) is 6.07 Å². The van der Waals surface area contributed by atoms with Gasteiger partial charge in [-0.25, -0.2) is 0 Å². The number of hydrogen-bond acceptors (Lipinski definition) is 4. The van der Waals surface area contributed by atoms with Crippen molar-refractivity contribution in [3.63, 3.8) is 0 Å². The standard InChI is InChI=1S/C12H15N3O/c1-15-11(13)14-8-12(15)6-7-16-10-5-3-2-4-9(10)12/h2-5H,6-8H2,1H3,(H2,13,14). The first kappa shape index (κ1) is 9.51. The summed E-state index contributed by atoms with van der Waals surface area (Å²) in [6.45, 7) is 1.46. The number of likely N-dealkylation sites (N-methyl/N-ethyl adjacent to an activating group) is 1. The minimum absolute atomic E-state index is 0.0844. The van der Waals surface area contributed by atoms with E-state index >= 15 is 0 Å². The van der Waals surface area contributed by atoms with E-state index in [0.717, 1.165) is 25.3 Å². The van der Waals surface area contributed by atoms with Crippen molar-refractivity contribution in [1.82, 2.24) is 4.90 Å². The Bertz CT molecular complexity index is 457. The van der Waals surface area contributed by atoms with E-state index in [1.165, 1.54) is 5.56 Å². The summed E-state index contributed by atoms with van der Waals surface area (Å²) in [6.07, 6.45) is 0.935. The van der Waals surface area contributed by atoms with Gasteiger partial charge < -0.3 is 15.4 Å². The number of para-hydroxylation sites is 1. The molecule has 0 fully saturated rings. The maximum absolute atomic E-state index is 5.88. The zero-order chi connectivity index (χ0) is 11.2. The molecule has 2 aliphatic rings. The lowest BCUT2D eigenvalue weighted by Crippen LogP contribution is -2.49. The Hall–Kier alpha value is -1.71. The third kappa shape index (κ3) is 1.07. The van der Waals surface area contributed by atoms with Crippen LogP contribution in [0.15, 0.2) is 29.3 Å². The highest BCUT2D eigenvalue weighted by Gasteiger charge is 2.45. The number of aliphatic imine (C=N–C) groups is 1. The largest absolute Gasteiger partial charge is 0.493 e. The highest BCUT2D eigenvalue weighted by atomic mass is 16.5. The number of fused-ring (bicyclic) bond motifs is 2. The first-order valence-electron chi connectivity index (χ1n) is 5.50. The minimum Gasteiger partial charge on any atom is -0.493 e. The van der Waals surface area contributed by atoms with Crippen LogP contribution < -0.4 is 10.5 Å². The van der Waals surface area contributed by atoms with Crippen molar-refractivity contribution in [2.24, 2.45) is 10.7 Å². The number of nitrogens with two attached hydrogens (primary N) is 1. The van der Waals surface area contributed by atoms with Crippen molar-refractivity contribution < 1.29 is 4.74 Å². The Morgan fingerprint density at radius 2 is 2.25 bits per heavy atom. The zero-order valence-electron chi connectivity index (χ0n) is 9.31. The molecule has 0 radical (unpaired) electrons. The number of benzene rings is 1. The second-order valence-corrected chi connectivity index (χ2v) is 4.36. The molecule has 4 nitrogen and oxygen atoms in total. The van der Waals surface area contributed by atoms with Gasteiger partial charge in [-0.15, -0.1) is 0 Å². The molecule has 1 aromatic rings. The van der Waals surface area contributed by atoms with Crippen LogP contribution in [0.1, 0.15) is 12.0 Å². The Morgan fingerprint density at radius 3 is 3.00 bits per heavy atom. The summed E-state index contributed by atoms with van der Waals surface area (Å²) in [6, 6.07) is 8.16. The molecule has 0 aliphatic carbocycles. The molecule has 1 aromatic carbocycles. The summed E-state index contributed by atoms with van der Waals surface area (Å²) in [4.78, 5) is 6.44. The van der Waals surface area contributed by atoms with Gasteiger partial charge in [0.15, 0.2) is 5.96 Å². The van der Waals surface area contributed by atoms with E-state index < -0.39 is 0 Å². The number of nitrogens with zero attached hydrogens (tertiary/aromatic N) is 2. The summed E-state index contributed by atoms with van der Waals surface area (Å²) >= 11 is 0. The quantitative estimate of drug-likeness (QED) is 0.703. The summed E-state index contributed by atoms with van der Waals surface area (Å²) in [5, 5.41) is 0. The number of hydrogen-bond donors (Lipinski definition) is 1. The summed E-state index contributed by atoms with van der Waals surface area (Å²) in [5.74, 6) is 1.59. The molecule has 3 rings (SSSR count). The molecular formula is C12H15N3O. The van der Waals surface area contributed by atoms with Crippen LogP contribution in [0.3, 0.4) is 0 Å². The van der Waals surface area contributed by atoms with Crippen LogP contribution in [0, 0.1) is 0 Å². The maximum Gasteiger partial charge on any atom is 0.191 e. The first-order valence-corrected chi connectivity index (χ1v) is 5.50. The molecule has 0 saturated heterocycles. The summed E-state index contributed by atoms with van der Waals surface area (Å²) in [5.41, 5.74) is 6.99. The van der Waals surface area contributed by atoms with Gasteiger partial charge in [-0.3, -0.25) is 4.99 Å². The number of ether oxygens (including phenoxy) is 1. The fraction of sp³-hybridized carbons (Fsp3) is 0.417. The number of rotatable bonds is 0. The summed E-state index contributed by atoms with van der Waals surface area (Å²) in [7, 11) is 2.01. The molecule has 0 saturated carbocycles. The van der Waals surface area contributed by atoms with Crippen LogP contribution in [0.5, 0.6) is 5.75 Å². The Balaban J connectivity index is 2.12. The van der Waals surface area contributed by atoms with Crippen LogP contribution >= 0.6 is 0 Å². The average Bonchev–Trinajstić information content (AvgIpc) is 2.60. The average molecular weight is 217 g/mol. The van der Waals surface area contributed by atoms with E-state index in [1.54, 1.807) is 0 Å². The molecule has 84 valence electrons. The predicted octanol–water partition coefficient (Wildman–Crippen LogP) is 0.924. The minimum atomic E-state index is -0.0844. The van der Waals surface area contributed by atoms with Gasteiger partial charge in [-0.2, -0.15) is 0 Å².